The van der Waals surface area contributed by atoms with E-state index in [4.69, 9.17) is 23.2 Å². The van der Waals surface area contributed by atoms with Gasteiger partial charge < -0.3 is 4.90 Å². The molecule has 0 N–H and O–H groups in total. The van der Waals surface area contributed by atoms with Crippen molar-refractivity contribution in [1.29, 1.82) is 0 Å². The van der Waals surface area contributed by atoms with E-state index in [1.54, 1.807) is 18.2 Å². The van der Waals surface area contributed by atoms with Crippen LogP contribution in [-0.2, 0) is 0 Å². The van der Waals surface area contributed by atoms with Crippen LogP contribution in [-0.4, -0.2) is 54.0 Å². The van der Waals surface area contributed by atoms with Crippen molar-refractivity contribution in [3.8, 4) is 11.4 Å². The van der Waals surface area contributed by atoms with Crippen LogP contribution in [0.25, 0.3) is 67.1 Å². The molecule has 2 unspecified atom stereocenters. The summed E-state index contributed by atoms with van der Waals surface area (Å²) in [5.74, 6) is 1.93. The first-order valence-electron chi connectivity index (χ1n) is 28.7. The monoisotopic (exact) mass is 1000 g/mol. The quantitative estimate of drug-likeness (QED) is 0.118. The number of benzene rings is 9. The Labute approximate surface area is 447 Å². The van der Waals surface area contributed by atoms with E-state index < -0.39 is 21.8 Å². The van der Waals surface area contributed by atoms with Gasteiger partial charge in [-0.25, -0.2) is 15.0 Å². The summed E-state index contributed by atoms with van der Waals surface area (Å²) < 4.78 is 60.6. The van der Waals surface area contributed by atoms with Gasteiger partial charge in [0, 0.05) is 19.6 Å². The summed E-state index contributed by atoms with van der Waals surface area (Å²) in [4.78, 5) is 20.7. The van der Waals surface area contributed by atoms with Crippen molar-refractivity contribution in [2.24, 2.45) is 4.99 Å². The van der Waals surface area contributed by atoms with Crippen LogP contribution in [0.2, 0.25) is 0 Å². The summed E-state index contributed by atoms with van der Waals surface area (Å²) in [6.45, 7) is -2.82. The van der Waals surface area contributed by atoms with Crippen molar-refractivity contribution < 1.29 is 8.22 Å². The molecule has 6 heterocycles. The van der Waals surface area contributed by atoms with Crippen molar-refractivity contribution in [3.05, 3.63) is 247 Å². The van der Waals surface area contributed by atoms with Gasteiger partial charge in [-0.15, -0.1) is 0 Å². The Morgan fingerprint density at radius 3 is 1.72 bits per heavy atom. The number of aliphatic imine (C=N–C) groups is 1. The molecule has 9 nitrogen and oxygen atoms in total. The summed E-state index contributed by atoms with van der Waals surface area (Å²) >= 11 is 0. The summed E-state index contributed by atoms with van der Waals surface area (Å²) in [6, 6.07) is 73.3. The maximum atomic E-state index is 9.10. The molecule has 16 rings (SSSR count). The second-order valence-corrected chi connectivity index (χ2v) is 23.9. The van der Waals surface area contributed by atoms with Crippen LogP contribution in [0, 0.1) is 13.7 Å². The molecule has 13 aromatic rings. The number of rotatable bonds is 7. The first-order chi connectivity index (χ1) is 39.9. The number of aromatic nitrogens is 6. The van der Waals surface area contributed by atoms with Gasteiger partial charge in [-0.3, -0.25) is 22.8 Å². The number of hydrogen-bond donors (Lipinski definition) is 0. The number of allylic oxidation sites excluding steroid dienone is 2. The molecule has 0 saturated carbocycles. The SMILES string of the molecule is [2H]C([2H])([2H])c1cccc2c1nc1n(-c3cc(C([2H])([2H])[2H])c4nc5n(-c6cccc([Si](c7ccccc7)(c7ccccc7)c7ccc8c(c7)N7C(=NC9C(C)=CC=CC97)N8c7ccccc7)c6)c6ccccc6n5c4c3)c3ccccc3n21. The Balaban J connectivity index is 0.937. The van der Waals surface area contributed by atoms with Gasteiger partial charge in [-0.2, -0.15) is 0 Å². The maximum absolute atomic E-state index is 9.10. The second-order valence-electron chi connectivity index (χ2n) is 20.1. The lowest BCUT2D eigenvalue weighted by molar-refractivity contribution is 0.705. The van der Waals surface area contributed by atoms with Crippen LogP contribution in [0.3, 0.4) is 0 Å². The van der Waals surface area contributed by atoms with Crippen LogP contribution in [0.5, 0.6) is 0 Å². The zero-order chi connectivity index (χ0) is 55.4. The third kappa shape index (κ3) is 5.81. The highest BCUT2D eigenvalue weighted by atomic mass is 28.3. The smallest absolute Gasteiger partial charge is 0.220 e. The predicted octanol–water partition coefficient (Wildman–Crippen LogP) is 11.8. The molecular weight excluding hydrogens is 947 g/mol. The molecule has 10 heteroatoms. The molecule has 0 bridgehead atoms. The minimum Gasteiger partial charge on any atom is -0.300 e. The Morgan fingerprint density at radius 1 is 0.461 bits per heavy atom. The molecule has 0 saturated heterocycles. The highest BCUT2D eigenvalue weighted by molar-refractivity contribution is 7.20. The number of para-hydroxylation sites is 6. The van der Waals surface area contributed by atoms with Crippen LogP contribution >= 0.6 is 0 Å². The van der Waals surface area contributed by atoms with Gasteiger partial charge in [0.15, 0.2) is 8.07 Å². The molecule has 0 fully saturated rings. The molecule has 2 aliphatic heterocycles. The fourth-order valence-corrected chi connectivity index (χ4v) is 17.6. The van der Waals surface area contributed by atoms with Crippen LogP contribution in [0.15, 0.2) is 241 Å². The van der Waals surface area contributed by atoms with Crippen LogP contribution in [0.1, 0.15) is 26.3 Å². The predicted molar refractivity (Wildman–Crippen MR) is 315 cm³/mol. The molecular formula is C66H49N9Si. The molecule has 0 spiro atoms. The van der Waals surface area contributed by atoms with E-state index in [0.29, 0.717) is 39.3 Å². The number of imidazole rings is 4. The average molecular weight is 1000 g/mol. The molecule has 362 valence electrons. The van der Waals surface area contributed by atoms with Gasteiger partial charge in [0.25, 0.3) is 0 Å². The lowest BCUT2D eigenvalue weighted by atomic mass is 9.96. The largest absolute Gasteiger partial charge is 0.300 e. The summed E-state index contributed by atoms with van der Waals surface area (Å²) in [6.07, 6.45) is 6.63. The lowest BCUT2D eigenvalue weighted by Gasteiger charge is -2.35. The van der Waals surface area contributed by atoms with Gasteiger partial charge in [-0.05, 0) is 137 Å². The van der Waals surface area contributed by atoms with E-state index >= 15 is 0 Å². The number of anilines is 3. The minimum atomic E-state index is -3.27. The normalized spacial score (nSPS) is 17.6. The number of fused-ring (bicyclic) bond motifs is 15. The van der Waals surface area contributed by atoms with Gasteiger partial charge in [0.05, 0.1) is 73.3 Å². The van der Waals surface area contributed by atoms with Crippen molar-refractivity contribution >= 4 is 108 Å². The van der Waals surface area contributed by atoms with E-state index in [-0.39, 0.29) is 23.2 Å². The Hall–Kier alpha value is -9.51. The number of nitrogens with zero attached hydrogens (tertiary/aromatic N) is 9. The first kappa shape index (κ1) is 37.3. The molecule has 1 aliphatic carbocycles. The van der Waals surface area contributed by atoms with Gasteiger partial charge in [0.2, 0.25) is 17.5 Å². The third-order valence-electron chi connectivity index (χ3n) is 16.1. The van der Waals surface area contributed by atoms with E-state index in [2.05, 4.69) is 190 Å². The summed E-state index contributed by atoms with van der Waals surface area (Å²) in [5, 5.41) is 4.80. The number of guanidine groups is 1. The molecule has 3 aliphatic rings. The highest BCUT2D eigenvalue weighted by Gasteiger charge is 2.48. The van der Waals surface area contributed by atoms with Crippen molar-refractivity contribution in [1.82, 2.24) is 27.9 Å². The third-order valence-corrected chi connectivity index (χ3v) is 20.8. The van der Waals surface area contributed by atoms with Crippen LogP contribution in [0.4, 0.5) is 17.1 Å². The van der Waals surface area contributed by atoms with Crippen LogP contribution < -0.4 is 30.5 Å². The van der Waals surface area contributed by atoms with E-state index in [1.165, 1.54) is 21.1 Å². The minimum absolute atomic E-state index is 0.0120. The lowest BCUT2D eigenvalue weighted by Crippen LogP contribution is -2.74. The maximum Gasteiger partial charge on any atom is 0.220 e. The number of hydrogen-bond acceptors (Lipinski definition) is 5. The zero-order valence-electron chi connectivity index (χ0n) is 47.1. The van der Waals surface area contributed by atoms with E-state index in [1.807, 2.05) is 57.5 Å². The standard InChI is InChI=1S/C66H49N9Si/c1-42-20-17-34-57-61(42)68-66-72(53-31-14-15-32-54(53)73(57)66)47-38-44(3)63-60(40-47)74-55-33-16-13-30-52(55)71(65(74)69-63)46-24-19-29-50(39-46)76(48-25-9-5-10-26-48,49-27-11-6-12-28-49)51-36-37-56-59(41-51)75-58-35-18-21-43(2)62(58)67-64(75)70(56)45-22-7-4-8-23-45/h4-41,58,62H,1-3H3/i1D3,3D3. The number of aryl methyl sites for hydroxylation is 2. The summed E-state index contributed by atoms with van der Waals surface area (Å²) in [7, 11) is -3.27. The highest BCUT2D eigenvalue weighted by Crippen LogP contribution is 2.47. The first-order valence-corrected chi connectivity index (χ1v) is 27.7. The molecule has 0 radical (unpaired) electrons. The fraction of sp³-hybridized carbons (Fsp3) is 0.0758. The molecule has 2 atom stereocenters. The Morgan fingerprint density at radius 2 is 1.03 bits per heavy atom. The molecule has 4 aromatic heterocycles. The van der Waals surface area contributed by atoms with Crippen molar-refractivity contribution in [3.63, 3.8) is 0 Å². The van der Waals surface area contributed by atoms with Gasteiger partial charge >= 0.3 is 0 Å². The second kappa shape index (κ2) is 16.0. The Kier molecular flexibility index (Phi) is 7.84. The van der Waals surface area contributed by atoms with Crippen molar-refractivity contribution in [2.75, 3.05) is 9.80 Å². The fourth-order valence-electron chi connectivity index (χ4n) is 12.8. The van der Waals surface area contributed by atoms with Crippen molar-refractivity contribution in [2.45, 2.75) is 32.7 Å². The molecule has 9 aromatic carbocycles. The van der Waals surface area contributed by atoms with E-state index in [0.717, 1.165) is 56.0 Å². The molecule has 76 heavy (non-hydrogen) atoms. The Bertz CT molecular complexity index is 4860. The van der Waals surface area contributed by atoms with Gasteiger partial charge in [-0.1, -0.05) is 152 Å². The van der Waals surface area contributed by atoms with E-state index in [9.17, 15) is 0 Å². The zero-order valence-corrected chi connectivity index (χ0v) is 42.1. The topological polar surface area (TPSA) is 63.3 Å². The summed E-state index contributed by atoms with van der Waals surface area (Å²) in [5.41, 5.74) is 11.4. The molecule has 0 amide bonds. The average Bonchev–Trinajstić information content (AvgIpc) is 2.78. The van der Waals surface area contributed by atoms with Gasteiger partial charge in [0.1, 0.15) is 0 Å².